The van der Waals surface area contributed by atoms with Gasteiger partial charge in [-0.15, -0.1) is 38.5 Å². The van der Waals surface area contributed by atoms with E-state index >= 15 is 0 Å². The van der Waals surface area contributed by atoms with Crippen LogP contribution >= 0.6 is 46.1 Å². The molecule has 94 valence electrons. The van der Waals surface area contributed by atoms with Gasteiger partial charge in [-0.3, -0.25) is 0 Å². The fraction of sp³-hybridized carbons (Fsp3) is 0.500. The summed E-state index contributed by atoms with van der Waals surface area (Å²) in [6, 6.07) is 0. The number of nitrogens with two attached hydrogens (primary N) is 1. The first-order chi connectivity index (χ1) is 8.17. The molecular formula is C8H11Cl2N5S2. The summed E-state index contributed by atoms with van der Waals surface area (Å²) in [5, 5.41) is 12.6. The van der Waals surface area contributed by atoms with Crippen LogP contribution in [-0.2, 0) is 12.3 Å². The minimum Gasteiger partial charge on any atom is -0.374 e. The summed E-state index contributed by atoms with van der Waals surface area (Å²) < 4.78 is 3.70. The van der Waals surface area contributed by atoms with Crippen molar-refractivity contribution in [2.24, 2.45) is 0 Å². The van der Waals surface area contributed by atoms with Crippen molar-refractivity contribution in [3.8, 4) is 0 Å². The average molecular weight is 312 g/mol. The van der Waals surface area contributed by atoms with Crippen LogP contribution in [0.4, 0.5) is 5.13 Å². The number of hydrogen-bond donors (Lipinski definition) is 1. The normalized spacial score (nSPS) is 9.82. The first-order valence-corrected chi connectivity index (χ1v) is 7.31. The van der Waals surface area contributed by atoms with Crippen LogP contribution < -0.4 is 5.73 Å². The molecule has 0 spiro atoms. The minimum atomic E-state index is 0.475. The van der Waals surface area contributed by atoms with E-state index in [-0.39, 0.29) is 0 Å². The quantitative estimate of drug-likeness (QED) is 0.881. The van der Waals surface area contributed by atoms with E-state index in [9.17, 15) is 0 Å². The van der Waals surface area contributed by atoms with E-state index in [4.69, 9.17) is 28.9 Å². The molecule has 0 aromatic carbocycles. The van der Waals surface area contributed by atoms with Gasteiger partial charge in [-0.25, -0.2) is 0 Å². The molecule has 0 unspecified atom stereocenters. The maximum atomic E-state index is 5.48. The van der Waals surface area contributed by atoms with Crippen molar-refractivity contribution in [1.29, 1.82) is 0 Å². The van der Waals surface area contributed by atoms with Crippen molar-refractivity contribution in [3.63, 3.8) is 0 Å². The van der Waals surface area contributed by atoms with Crippen LogP contribution in [0.15, 0.2) is 0 Å². The summed E-state index contributed by atoms with van der Waals surface area (Å²) in [6.07, 6.45) is 0.760. The number of nitrogens with zero attached hydrogens (tertiary/aromatic N) is 4. The second kappa shape index (κ2) is 7.75. The predicted molar refractivity (Wildman–Crippen MR) is 72.9 cm³/mol. The van der Waals surface area contributed by atoms with Crippen LogP contribution in [-0.4, -0.2) is 25.7 Å². The Morgan fingerprint density at radius 1 is 1.24 bits per heavy atom. The van der Waals surface area contributed by atoms with E-state index < -0.39 is 0 Å². The lowest BCUT2D eigenvalue weighted by molar-refractivity contribution is 0.991. The van der Waals surface area contributed by atoms with E-state index in [1.807, 2.05) is 6.92 Å². The molecule has 0 atom stereocenters. The molecule has 2 aromatic heterocycles. The molecule has 0 bridgehead atoms. The largest absolute Gasteiger partial charge is 0.374 e. The number of anilines is 1. The van der Waals surface area contributed by atoms with Gasteiger partial charge in [-0.2, -0.15) is 0 Å². The first-order valence-electron chi connectivity index (χ1n) is 4.65. The highest BCUT2D eigenvalue weighted by Gasteiger charge is 1.98. The van der Waals surface area contributed by atoms with E-state index in [1.54, 1.807) is 0 Å². The van der Waals surface area contributed by atoms with Crippen LogP contribution in [0.5, 0.6) is 0 Å². The van der Waals surface area contributed by atoms with Gasteiger partial charge < -0.3 is 5.73 Å². The average Bonchev–Trinajstić information content (AvgIpc) is 2.89. The molecule has 0 aliphatic heterocycles. The summed E-state index contributed by atoms with van der Waals surface area (Å²) in [6.45, 7) is 1.96. The highest BCUT2D eigenvalue weighted by Crippen LogP contribution is 2.11. The highest BCUT2D eigenvalue weighted by atomic mass is 35.5. The summed E-state index contributed by atoms with van der Waals surface area (Å²) in [5.41, 5.74) is 6.21. The highest BCUT2D eigenvalue weighted by molar-refractivity contribution is 7.15. The Morgan fingerprint density at radius 2 is 2.00 bits per heavy atom. The molecular weight excluding hydrogens is 301 g/mol. The summed E-state index contributed by atoms with van der Waals surface area (Å²) >= 11 is 13.7. The van der Waals surface area contributed by atoms with Gasteiger partial charge in [-0.1, -0.05) is 15.8 Å². The Bertz CT molecular complexity index is 445. The molecule has 0 fully saturated rings. The Labute approximate surface area is 117 Å². The maximum absolute atomic E-state index is 5.48. The Hall–Kier alpha value is -0.500. The molecule has 0 saturated carbocycles. The third kappa shape index (κ3) is 5.12. The number of nitrogen functional groups attached to an aromatic ring is 1. The molecule has 9 heteroatoms. The number of alkyl halides is 2. The molecule has 0 radical (unpaired) electrons. The van der Waals surface area contributed by atoms with Gasteiger partial charge >= 0.3 is 0 Å². The van der Waals surface area contributed by atoms with Crippen molar-refractivity contribution in [2.75, 3.05) is 11.6 Å². The lowest BCUT2D eigenvalue weighted by Crippen LogP contribution is -1.83. The number of halogens is 2. The zero-order valence-corrected chi connectivity index (χ0v) is 12.2. The third-order valence-electron chi connectivity index (χ3n) is 1.66. The Morgan fingerprint density at radius 3 is 2.35 bits per heavy atom. The van der Waals surface area contributed by atoms with Crippen LogP contribution in [0.2, 0.25) is 0 Å². The standard InChI is InChI=1S/C4H6ClN3S.C4H5ClN2S/c5-2-1-3-7-8-4(6)9-3;1-3-4(2-5)6-7-8-3/h1-2H2,(H2,6,8);2H2,1H3. The van der Waals surface area contributed by atoms with Gasteiger partial charge in [0.15, 0.2) is 0 Å². The molecule has 0 saturated heterocycles. The van der Waals surface area contributed by atoms with Crippen molar-refractivity contribution in [3.05, 3.63) is 15.6 Å². The van der Waals surface area contributed by atoms with Crippen LogP contribution in [0.25, 0.3) is 0 Å². The second-order valence-corrected chi connectivity index (χ2v) is 5.58. The van der Waals surface area contributed by atoms with Gasteiger partial charge in [-0.05, 0) is 18.5 Å². The van der Waals surface area contributed by atoms with Gasteiger partial charge in [0.05, 0.1) is 11.6 Å². The number of aromatic nitrogens is 4. The molecule has 2 rings (SSSR count). The monoisotopic (exact) mass is 311 g/mol. The van der Waals surface area contributed by atoms with Crippen LogP contribution in [0, 0.1) is 6.92 Å². The fourth-order valence-corrected chi connectivity index (χ4v) is 2.54. The SMILES string of the molecule is Cc1snnc1CCl.Nc1nnc(CCCl)s1. The number of rotatable bonds is 3. The van der Waals surface area contributed by atoms with Crippen molar-refractivity contribution in [1.82, 2.24) is 19.8 Å². The second-order valence-electron chi connectivity index (χ2n) is 2.88. The molecule has 2 aromatic rings. The van der Waals surface area contributed by atoms with Crippen molar-refractivity contribution < 1.29 is 0 Å². The van der Waals surface area contributed by atoms with E-state index in [1.165, 1.54) is 22.9 Å². The Kier molecular flexibility index (Phi) is 6.64. The van der Waals surface area contributed by atoms with Gasteiger partial charge in [0, 0.05) is 17.2 Å². The molecule has 17 heavy (non-hydrogen) atoms. The molecule has 2 heterocycles. The molecule has 0 aliphatic carbocycles. The van der Waals surface area contributed by atoms with Crippen LogP contribution in [0.1, 0.15) is 15.6 Å². The van der Waals surface area contributed by atoms with Crippen LogP contribution in [0.3, 0.4) is 0 Å². The minimum absolute atomic E-state index is 0.475. The predicted octanol–water partition coefficient (Wildman–Crippen LogP) is 2.49. The fourth-order valence-electron chi connectivity index (χ4n) is 0.823. The smallest absolute Gasteiger partial charge is 0.203 e. The summed E-state index contributed by atoms with van der Waals surface area (Å²) in [4.78, 5) is 1.11. The Balaban J connectivity index is 0.000000171. The lowest BCUT2D eigenvalue weighted by atomic mass is 10.4. The molecule has 5 nitrogen and oxygen atoms in total. The van der Waals surface area contributed by atoms with E-state index in [0.29, 0.717) is 16.9 Å². The molecule has 2 N–H and O–H groups in total. The number of aryl methyl sites for hydroxylation is 2. The summed E-state index contributed by atoms with van der Waals surface area (Å²) in [7, 11) is 0. The summed E-state index contributed by atoms with van der Waals surface area (Å²) in [5.74, 6) is 1.05. The maximum Gasteiger partial charge on any atom is 0.203 e. The number of hydrogen-bond acceptors (Lipinski definition) is 7. The van der Waals surface area contributed by atoms with Crippen molar-refractivity contribution in [2.45, 2.75) is 19.2 Å². The third-order valence-corrected chi connectivity index (χ3v) is 3.59. The van der Waals surface area contributed by atoms with E-state index in [2.05, 4.69) is 19.8 Å². The van der Waals surface area contributed by atoms with Crippen molar-refractivity contribution >= 4 is 51.2 Å². The zero-order valence-electron chi connectivity index (χ0n) is 9.06. The topological polar surface area (TPSA) is 77.6 Å². The zero-order chi connectivity index (χ0) is 12.7. The lowest BCUT2D eigenvalue weighted by Gasteiger charge is -1.81. The van der Waals surface area contributed by atoms with Gasteiger partial charge in [0.25, 0.3) is 0 Å². The van der Waals surface area contributed by atoms with Gasteiger partial charge in [0.1, 0.15) is 5.01 Å². The van der Waals surface area contributed by atoms with E-state index in [0.717, 1.165) is 22.0 Å². The molecule has 0 amide bonds. The van der Waals surface area contributed by atoms with Gasteiger partial charge in [0.2, 0.25) is 5.13 Å². The molecule has 0 aliphatic rings. The first kappa shape index (κ1) is 14.6.